The van der Waals surface area contributed by atoms with E-state index in [9.17, 15) is 18.8 Å². The number of benzene rings is 3. The zero-order valence-electron chi connectivity index (χ0n) is 24.2. The second kappa shape index (κ2) is 12.1. The first-order valence-corrected chi connectivity index (χ1v) is 15.1. The number of hydrogen-bond acceptors (Lipinski definition) is 9. The minimum atomic E-state index is -0.796. The van der Waals surface area contributed by atoms with E-state index in [1.807, 2.05) is 0 Å². The van der Waals surface area contributed by atoms with Gasteiger partial charge in [-0.25, -0.2) is 18.7 Å². The summed E-state index contributed by atoms with van der Waals surface area (Å²) >= 11 is 5.97. The van der Waals surface area contributed by atoms with E-state index in [1.54, 1.807) is 18.2 Å². The van der Waals surface area contributed by atoms with Crippen molar-refractivity contribution < 1.29 is 32.6 Å². The molecule has 236 valence electrons. The second-order valence-electron chi connectivity index (χ2n) is 11.3. The molecule has 3 amide bonds. The number of nitrogens with one attached hydrogen (secondary N) is 3. The number of nitrogens with zero attached hydrogens (tertiary/aromatic N) is 3. The third-order valence-electron chi connectivity index (χ3n) is 8.26. The van der Waals surface area contributed by atoms with E-state index in [1.165, 1.54) is 35.5 Å². The van der Waals surface area contributed by atoms with Gasteiger partial charge >= 0.3 is 0 Å². The van der Waals surface area contributed by atoms with Crippen molar-refractivity contribution in [2.45, 2.75) is 44.5 Å². The van der Waals surface area contributed by atoms with Gasteiger partial charge in [0, 0.05) is 54.2 Å². The quantitative estimate of drug-likeness (QED) is 0.229. The lowest BCUT2D eigenvalue weighted by Crippen LogP contribution is -2.52. The fourth-order valence-electron chi connectivity index (χ4n) is 5.88. The van der Waals surface area contributed by atoms with E-state index >= 15 is 4.39 Å². The van der Waals surface area contributed by atoms with E-state index < -0.39 is 29.5 Å². The molecule has 3 aliphatic heterocycles. The fourth-order valence-corrected chi connectivity index (χ4v) is 6.06. The summed E-state index contributed by atoms with van der Waals surface area (Å²) in [5.41, 5.74) is 2.71. The maximum Gasteiger partial charge on any atom is 0.255 e. The molecule has 0 spiro atoms. The third-order valence-corrected chi connectivity index (χ3v) is 8.55. The molecule has 4 heterocycles. The minimum Gasteiger partial charge on any atom is -0.486 e. The van der Waals surface area contributed by atoms with Crippen molar-refractivity contribution in [1.29, 1.82) is 0 Å². The van der Waals surface area contributed by atoms with Crippen LogP contribution in [0.1, 0.15) is 40.7 Å². The predicted molar refractivity (Wildman–Crippen MR) is 164 cm³/mol. The van der Waals surface area contributed by atoms with Crippen LogP contribution in [0.3, 0.4) is 0 Å². The Morgan fingerprint density at radius 3 is 2.72 bits per heavy atom. The highest BCUT2D eigenvalue weighted by Crippen LogP contribution is 2.36. The predicted octanol–water partition coefficient (Wildman–Crippen LogP) is 4.85. The maximum absolute atomic E-state index is 15.4. The van der Waals surface area contributed by atoms with Gasteiger partial charge in [-0.3, -0.25) is 19.7 Å². The van der Waals surface area contributed by atoms with Gasteiger partial charge in [0.15, 0.2) is 0 Å². The molecular weight excluding hydrogens is 622 g/mol. The molecule has 3 aliphatic rings. The molecule has 3 aromatic carbocycles. The lowest BCUT2D eigenvalue weighted by atomic mass is 10.0. The molecule has 1 aromatic heterocycles. The summed E-state index contributed by atoms with van der Waals surface area (Å²) in [4.78, 5) is 47.3. The summed E-state index contributed by atoms with van der Waals surface area (Å²) in [6.07, 6.45) is 2.26. The third kappa shape index (κ3) is 5.79. The zero-order valence-corrected chi connectivity index (χ0v) is 25.0. The van der Waals surface area contributed by atoms with Crippen LogP contribution in [-0.2, 0) is 27.4 Å². The molecule has 11 nitrogen and oxygen atoms in total. The molecule has 7 rings (SSSR count). The molecule has 3 N–H and O–H groups in total. The number of fused-ring (bicyclic) bond motifs is 2. The van der Waals surface area contributed by atoms with E-state index in [0.29, 0.717) is 64.6 Å². The SMILES string of the molecule is O=C1CCC(N2Cc3cc(CNc4cc5c(Nc6ccc(F)c(Cl)c6)ncnc5cc4O[C@H]4CCOC4)c(F)cc3C2=O)C(=O)N1. The monoisotopic (exact) mass is 648 g/mol. The lowest BCUT2D eigenvalue weighted by Gasteiger charge is -2.29. The Kier molecular flexibility index (Phi) is 7.87. The van der Waals surface area contributed by atoms with Gasteiger partial charge in [-0.05, 0) is 48.4 Å². The highest BCUT2D eigenvalue weighted by Gasteiger charge is 2.39. The molecule has 0 bridgehead atoms. The van der Waals surface area contributed by atoms with Crippen molar-refractivity contribution in [2.24, 2.45) is 0 Å². The molecule has 2 fully saturated rings. The minimum absolute atomic E-state index is 0.0405. The zero-order chi connectivity index (χ0) is 31.9. The fraction of sp³-hybridized carbons (Fsp3) is 0.281. The molecule has 14 heteroatoms. The largest absolute Gasteiger partial charge is 0.486 e. The van der Waals surface area contributed by atoms with Crippen LogP contribution in [0.5, 0.6) is 5.75 Å². The summed E-state index contributed by atoms with van der Waals surface area (Å²) in [6.45, 7) is 1.17. The number of rotatable bonds is 8. The number of hydrogen-bond donors (Lipinski definition) is 3. The van der Waals surface area contributed by atoms with Crippen molar-refractivity contribution in [1.82, 2.24) is 20.2 Å². The van der Waals surface area contributed by atoms with Gasteiger partial charge < -0.3 is 25.0 Å². The van der Waals surface area contributed by atoms with Crippen LogP contribution in [0, 0.1) is 11.6 Å². The number of carbonyl (C=O) groups excluding carboxylic acids is 3. The van der Waals surface area contributed by atoms with Crippen molar-refractivity contribution in [2.75, 3.05) is 23.8 Å². The van der Waals surface area contributed by atoms with Gasteiger partial charge in [0.25, 0.3) is 5.91 Å². The highest BCUT2D eigenvalue weighted by atomic mass is 35.5. The Morgan fingerprint density at radius 2 is 1.93 bits per heavy atom. The number of halogens is 3. The summed E-state index contributed by atoms with van der Waals surface area (Å²) in [5, 5.41) is 9.26. The topological polar surface area (TPSA) is 135 Å². The summed E-state index contributed by atoms with van der Waals surface area (Å²) in [7, 11) is 0. The van der Waals surface area contributed by atoms with E-state index in [4.69, 9.17) is 21.1 Å². The van der Waals surface area contributed by atoms with Crippen LogP contribution in [0.15, 0.2) is 48.8 Å². The van der Waals surface area contributed by atoms with Crippen LogP contribution >= 0.6 is 11.6 Å². The molecule has 0 aliphatic carbocycles. The average molecular weight is 649 g/mol. The molecular formula is C32H27ClF2N6O5. The Labute approximate surface area is 266 Å². The number of amides is 3. The van der Waals surface area contributed by atoms with Gasteiger partial charge in [0.1, 0.15) is 41.7 Å². The number of imide groups is 1. The van der Waals surface area contributed by atoms with E-state index in [2.05, 4.69) is 25.9 Å². The molecule has 4 aromatic rings. The van der Waals surface area contributed by atoms with Crippen LogP contribution in [0.4, 0.5) is 26.0 Å². The molecule has 46 heavy (non-hydrogen) atoms. The maximum atomic E-state index is 15.4. The van der Waals surface area contributed by atoms with E-state index in [0.717, 1.165) is 0 Å². The van der Waals surface area contributed by atoms with Crippen LogP contribution < -0.4 is 20.7 Å². The number of carbonyl (C=O) groups is 3. The van der Waals surface area contributed by atoms with Crippen LogP contribution in [0.25, 0.3) is 10.9 Å². The number of piperidine rings is 1. The Balaban J connectivity index is 1.17. The van der Waals surface area contributed by atoms with Crippen molar-refractivity contribution >= 4 is 57.4 Å². The summed E-state index contributed by atoms with van der Waals surface area (Å²) < 4.78 is 40.9. The highest BCUT2D eigenvalue weighted by molar-refractivity contribution is 6.31. The standard InChI is InChI=1S/C32H27ClF2N6O5/c33-22-8-18(1-2-23(22)34)39-30-21-10-26(28(11-25(21)37-15-38-30)46-19-5-6-45-14-19)36-12-16-7-17-13-41(32(44)20(17)9-24(16)35)27-3-4-29(42)40-31(27)43/h1-2,7-11,15,19,27,36H,3-6,12-14H2,(H,37,38,39)(H,40,42,43)/t19-,27?/m0/s1. The Hall–Kier alpha value is -4.88. The van der Waals surface area contributed by atoms with Crippen molar-refractivity contribution in [3.63, 3.8) is 0 Å². The number of anilines is 3. The summed E-state index contributed by atoms with van der Waals surface area (Å²) in [6, 6.07) is 9.79. The van der Waals surface area contributed by atoms with Crippen molar-refractivity contribution in [3.8, 4) is 5.75 Å². The smallest absolute Gasteiger partial charge is 0.255 e. The Bertz CT molecular complexity index is 1900. The average Bonchev–Trinajstić information content (AvgIpc) is 3.65. The first-order chi connectivity index (χ1) is 22.2. The van der Waals surface area contributed by atoms with Crippen molar-refractivity contribution in [3.05, 3.63) is 82.1 Å². The van der Waals surface area contributed by atoms with Gasteiger partial charge in [0.2, 0.25) is 11.8 Å². The van der Waals surface area contributed by atoms with Gasteiger partial charge in [0.05, 0.1) is 29.4 Å². The lowest BCUT2D eigenvalue weighted by molar-refractivity contribution is -0.136. The molecule has 1 unspecified atom stereocenters. The van der Waals surface area contributed by atoms with Gasteiger partial charge in [-0.15, -0.1) is 0 Å². The van der Waals surface area contributed by atoms with Gasteiger partial charge in [-0.2, -0.15) is 0 Å². The molecule has 2 atom stereocenters. The molecule has 2 saturated heterocycles. The van der Waals surface area contributed by atoms with Gasteiger partial charge in [-0.1, -0.05) is 11.6 Å². The summed E-state index contributed by atoms with van der Waals surface area (Å²) in [5.74, 6) is -1.57. The van der Waals surface area contributed by atoms with E-state index in [-0.39, 0.29) is 48.5 Å². The number of aromatic nitrogens is 2. The Morgan fingerprint density at radius 1 is 1.07 bits per heavy atom. The van der Waals surface area contributed by atoms with Crippen LogP contribution in [-0.4, -0.2) is 57.9 Å². The first-order valence-electron chi connectivity index (χ1n) is 14.7. The first kappa shape index (κ1) is 29.8. The normalized spacial score (nSPS) is 19.4. The molecule has 0 saturated carbocycles. The number of ether oxygens (including phenoxy) is 2. The second-order valence-corrected chi connectivity index (χ2v) is 11.7. The van der Waals surface area contributed by atoms with Crippen LogP contribution in [0.2, 0.25) is 5.02 Å². The molecule has 0 radical (unpaired) electrons.